The maximum absolute atomic E-state index is 9.85. The maximum Gasteiger partial charge on any atom is 0.0900 e. The van der Waals surface area contributed by atoms with Gasteiger partial charge >= 0.3 is 0 Å². The van der Waals surface area contributed by atoms with E-state index in [-0.39, 0.29) is 0 Å². The third kappa shape index (κ3) is 4.02. The summed E-state index contributed by atoms with van der Waals surface area (Å²) in [6.07, 6.45) is 5.29. The van der Waals surface area contributed by atoms with E-state index >= 15 is 0 Å². The molecule has 64 valence electrons. The number of hydrogen-bond acceptors (Lipinski definition) is 1. The van der Waals surface area contributed by atoms with Crippen molar-refractivity contribution in [2.75, 3.05) is 0 Å². The molecule has 0 aromatic carbocycles. The van der Waals surface area contributed by atoms with Crippen molar-refractivity contribution >= 4 is 0 Å². The van der Waals surface area contributed by atoms with E-state index in [4.69, 9.17) is 0 Å². The Bertz CT molecular complexity index is 137. The van der Waals surface area contributed by atoms with Crippen LogP contribution < -0.4 is 0 Å². The van der Waals surface area contributed by atoms with E-state index in [1.54, 1.807) is 6.08 Å². The normalized spacial score (nSPS) is 10.8. The van der Waals surface area contributed by atoms with Crippen LogP contribution in [0.3, 0.4) is 0 Å². The van der Waals surface area contributed by atoms with Gasteiger partial charge in [0.2, 0.25) is 0 Å². The highest BCUT2D eigenvalue weighted by Gasteiger charge is 2.20. The van der Waals surface area contributed by atoms with Crippen molar-refractivity contribution < 1.29 is 5.11 Å². The van der Waals surface area contributed by atoms with Gasteiger partial charge in [-0.25, -0.2) is 0 Å². The van der Waals surface area contributed by atoms with Crippen LogP contribution in [0.15, 0.2) is 18.4 Å². The van der Waals surface area contributed by atoms with Gasteiger partial charge in [0.25, 0.3) is 0 Å². The van der Waals surface area contributed by atoms with Crippen molar-refractivity contribution in [2.45, 2.75) is 45.1 Å². The molecule has 1 N–H and O–H groups in total. The largest absolute Gasteiger partial charge is 0.385 e. The molecule has 0 amide bonds. The molecule has 0 atom stereocenters. The highest BCUT2D eigenvalue weighted by atomic mass is 16.3. The summed E-state index contributed by atoms with van der Waals surface area (Å²) in [5, 5.41) is 9.85. The molecular formula is C10H18O. The van der Waals surface area contributed by atoms with Crippen LogP contribution in [-0.2, 0) is 0 Å². The van der Waals surface area contributed by atoms with Crippen LogP contribution in [0.5, 0.6) is 0 Å². The van der Waals surface area contributed by atoms with Gasteiger partial charge in [0, 0.05) is 0 Å². The van der Waals surface area contributed by atoms with Crippen LogP contribution >= 0.6 is 0 Å². The summed E-state index contributed by atoms with van der Waals surface area (Å²) in [5.74, 6) is 0. The molecular weight excluding hydrogens is 136 g/mol. The monoisotopic (exact) mass is 154 g/mol. The van der Waals surface area contributed by atoms with Crippen molar-refractivity contribution in [1.29, 1.82) is 0 Å². The minimum absolute atomic E-state index is 0.648. The molecule has 0 saturated heterocycles. The molecule has 11 heavy (non-hydrogen) atoms. The van der Waals surface area contributed by atoms with Crippen molar-refractivity contribution in [3.8, 4) is 0 Å². The van der Waals surface area contributed by atoms with Gasteiger partial charge in [-0.1, -0.05) is 33.3 Å². The Morgan fingerprint density at radius 3 is 2.09 bits per heavy atom. The average Bonchev–Trinajstić information content (AvgIpc) is 1.88. The zero-order valence-corrected chi connectivity index (χ0v) is 7.56. The van der Waals surface area contributed by atoms with Gasteiger partial charge in [-0.2, -0.15) is 0 Å². The van der Waals surface area contributed by atoms with Crippen LogP contribution in [-0.4, -0.2) is 10.7 Å². The molecule has 0 aliphatic heterocycles. The molecule has 0 aliphatic carbocycles. The Hall–Kier alpha value is -0.520. The predicted octanol–water partition coefficient (Wildman–Crippen LogP) is 2.66. The van der Waals surface area contributed by atoms with E-state index in [1.807, 2.05) is 0 Å². The molecule has 1 heteroatoms. The van der Waals surface area contributed by atoms with Crippen LogP contribution in [0, 0.1) is 0 Å². The first-order valence-corrected chi connectivity index (χ1v) is 4.28. The van der Waals surface area contributed by atoms with Gasteiger partial charge < -0.3 is 5.11 Å². The molecule has 0 fully saturated rings. The lowest BCUT2D eigenvalue weighted by Crippen LogP contribution is -2.24. The maximum atomic E-state index is 9.85. The third-order valence-electron chi connectivity index (χ3n) is 1.74. The van der Waals surface area contributed by atoms with Crippen molar-refractivity contribution in [3.63, 3.8) is 0 Å². The lowest BCUT2D eigenvalue weighted by Gasteiger charge is -2.22. The number of rotatable bonds is 5. The molecule has 1 nitrogen and oxygen atoms in total. The zero-order chi connectivity index (χ0) is 8.74. The van der Waals surface area contributed by atoms with Crippen molar-refractivity contribution in [2.24, 2.45) is 0 Å². The first-order valence-electron chi connectivity index (χ1n) is 4.28. The molecule has 0 bridgehead atoms. The molecule has 0 saturated carbocycles. The highest BCUT2D eigenvalue weighted by Crippen LogP contribution is 2.20. The van der Waals surface area contributed by atoms with E-state index in [9.17, 15) is 5.11 Å². The Kier molecular flexibility index (Phi) is 4.93. The van der Waals surface area contributed by atoms with Crippen LogP contribution in [0.1, 0.15) is 39.5 Å². The van der Waals surface area contributed by atoms with E-state index in [1.165, 1.54) is 0 Å². The van der Waals surface area contributed by atoms with Gasteiger partial charge in [0.05, 0.1) is 5.60 Å². The van der Waals surface area contributed by atoms with Crippen LogP contribution in [0.25, 0.3) is 0 Å². The molecule has 0 rings (SSSR count). The lowest BCUT2D eigenvalue weighted by molar-refractivity contribution is 0.0708. The van der Waals surface area contributed by atoms with Gasteiger partial charge in [-0.05, 0) is 18.9 Å². The Morgan fingerprint density at radius 2 is 1.82 bits per heavy atom. The smallest absolute Gasteiger partial charge is 0.0900 e. The summed E-state index contributed by atoms with van der Waals surface area (Å²) in [5.41, 5.74) is 2.01. The summed E-state index contributed by atoms with van der Waals surface area (Å²) in [4.78, 5) is 0. The second-order valence-corrected chi connectivity index (χ2v) is 2.95. The summed E-state index contributed by atoms with van der Waals surface area (Å²) < 4.78 is 0. The first kappa shape index (κ1) is 10.5. The quantitative estimate of drug-likeness (QED) is 0.603. The molecule has 0 unspecified atom stereocenters. The van der Waals surface area contributed by atoms with Gasteiger partial charge in [0.1, 0.15) is 0 Å². The molecule has 0 aromatic heterocycles. The van der Waals surface area contributed by atoms with Crippen molar-refractivity contribution in [1.82, 2.24) is 0 Å². The van der Waals surface area contributed by atoms with E-state index in [0.717, 1.165) is 25.7 Å². The fourth-order valence-electron chi connectivity index (χ4n) is 1.33. The average molecular weight is 154 g/mol. The lowest BCUT2D eigenvalue weighted by atomic mass is 9.93. The molecule has 0 aliphatic rings. The highest BCUT2D eigenvalue weighted by molar-refractivity contribution is 4.98. The molecule has 0 spiro atoms. The topological polar surface area (TPSA) is 20.2 Å². The molecule has 0 heterocycles. The van der Waals surface area contributed by atoms with E-state index < -0.39 is 5.60 Å². The van der Waals surface area contributed by atoms with Crippen LogP contribution in [0.4, 0.5) is 0 Å². The van der Waals surface area contributed by atoms with Gasteiger partial charge in [-0.3, -0.25) is 0 Å². The SMILES string of the molecule is C=C=CC(O)(CCC)CCC. The zero-order valence-electron chi connectivity index (χ0n) is 7.56. The Morgan fingerprint density at radius 1 is 1.36 bits per heavy atom. The Balaban J connectivity index is 4.11. The number of hydrogen-bond donors (Lipinski definition) is 1. The Labute approximate surface area is 69.4 Å². The van der Waals surface area contributed by atoms with Crippen LogP contribution in [0.2, 0.25) is 0 Å². The predicted molar refractivity (Wildman–Crippen MR) is 48.5 cm³/mol. The second kappa shape index (κ2) is 5.17. The fourth-order valence-corrected chi connectivity index (χ4v) is 1.33. The third-order valence-corrected chi connectivity index (χ3v) is 1.74. The standard InChI is InChI=1S/C10H18O/c1-4-7-10(11,8-5-2)9-6-3/h7,11H,1,5-6,8-9H2,2-3H3. The van der Waals surface area contributed by atoms with E-state index in [0.29, 0.717) is 0 Å². The van der Waals surface area contributed by atoms with E-state index in [2.05, 4.69) is 26.2 Å². The summed E-state index contributed by atoms with van der Waals surface area (Å²) in [6, 6.07) is 0. The second-order valence-electron chi connectivity index (χ2n) is 2.95. The first-order chi connectivity index (χ1) is 5.18. The summed E-state index contributed by atoms with van der Waals surface area (Å²) in [6.45, 7) is 7.60. The van der Waals surface area contributed by atoms with Gasteiger partial charge in [0.15, 0.2) is 0 Å². The molecule has 0 radical (unpaired) electrons. The number of aliphatic hydroxyl groups is 1. The summed E-state index contributed by atoms with van der Waals surface area (Å²) in [7, 11) is 0. The minimum Gasteiger partial charge on any atom is -0.385 e. The minimum atomic E-state index is -0.648. The van der Waals surface area contributed by atoms with Gasteiger partial charge in [-0.15, -0.1) is 5.73 Å². The van der Waals surface area contributed by atoms with Crippen molar-refractivity contribution in [3.05, 3.63) is 18.4 Å². The fraction of sp³-hybridized carbons (Fsp3) is 0.700. The summed E-state index contributed by atoms with van der Waals surface area (Å²) >= 11 is 0. The molecule has 0 aromatic rings.